The molecule has 0 saturated heterocycles. The van der Waals surface area contributed by atoms with Crippen molar-refractivity contribution in [3.05, 3.63) is 131 Å². The number of hydrogen-bond donors (Lipinski definition) is 1. The maximum atomic E-state index is 14.1. The third kappa shape index (κ3) is 4.94. The van der Waals surface area contributed by atoms with Crippen molar-refractivity contribution in [3.8, 4) is 11.1 Å². The molecule has 0 aliphatic rings. The molecule has 2 N–H and O–H groups in total. The Kier molecular flexibility index (Phi) is 6.70. The van der Waals surface area contributed by atoms with Gasteiger partial charge in [-0.25, -0.2) is 8.42 Å². The van der Waals surface area contributed by atoms with Gasteiger partial charge in [0.05, 0.1) is 22.7 Å². The normalized spacial score (nSPS) is 11.4. The van der Waals surface area contributed by atoms with Crippen molar-refractivity contribution in [3.63, 3.8) is 0 Å². The maximum Gasteiger partial charge on any atom is 0.264 e. The summed E-state index contributed by atoms with van der Waals surface area (Å²) in [5.74, 6) is -0.768. The van der Waals surface area contributed by atoms with Crippen molar-refractivity contribution in [1.29, 1.82) is 0 Å². The van der Waals surface area contributed by atoms with Gasteiger partial charge in [-0.3, -0.25) is 9.10 Å². The summed E-state index contributed by atoms with van der Waals surface area (Å²) in [6.07, 6.45) is 0. The number of fused-ring (bicyclic) bond motifs is 1. The molecule has 1 amide bonds. The molecule has 0 aliphatic heterocycles. The summed E-state index contributed by atoms with van der Waals surface area (Å²) >= 11 is 6.14. The van der Waals surface area contributed by atoms with Gasteiger partial charge in [-0.15, -0.1) is 0 Å². The number of carbonyl (C=O) groups excluding carboxylic acids is 1. The monoisotopic (exact) mass is 526 g/mol. The second kappa shape index (κ2) is 10.1. The van der Waals surface area contributed by atoms with Gasteiger partial charge in [-0.05, 0) is 57.8 Å². The molecule has 0 aromatic heterocycles. The molecule has 0 atom stereocenters. The Morgan fingerprint density at radius 2 is 1.41 bits per heavy atom. The fraction of sp³-hybridized carbons (Fsp3) is 0.0333. The summed E-state index contributed by atoms with van der Waals surface area (Å²) < 4.78 is 29.5. The molecule has 5 aromatic rings. The van der Waals surface area contributed by atoms with Gasteiger partial charge in [0.1, 0.15) is 0 Å². The Morgan fingerprint density at radius 1 is 0.757 bits per heavy atom. The van der Waals surface area contributed by atoms with E-state index in [1.54, 1.807) is 30.3 Å². The van der Waals surface area contributed by atoms with Crippen LogP contribution in [0.4, 0.5) is 5.69 Å². The van der Waals surface area contributed by atoms with Crippen LogP contribution >= 0.6 is 11.6 Å². The zero-order chi connectivity index (χ0) is 26.0. The van der Waals surface area contributed by atoms with E-state index in [9.17, 15) is 13.2 Å². The van der Waals surface area contributed by atoms with Gasteiger partial charge < -0.3 is 5.73 Å². The van der Waals surface area contributed by atoms with Crippen LogP contribution in [0.2, 0.25) is 5.02 Å². The smallest absolute Gasteiger partial charge is 0.264 e. The van der Waals surface area contributed by atoms with Crippen molar-refractivity contribution in [2.75, 3.05) is 4.31 Å². The summed E-state index contributed by atoms with van der Waals surface area (Å²) in [7, 11) is -4.11. The third-order valence-electron chi connectivity index (χ3n) is 6.24. The van der Waals surface area contributed by atoms with E-state index >= 15 is 0 Å². The van der Waals surface area contributed by atoms with E-state index in [0.29, 0.717) is 0 Å². The van der Waals surface area contributed by atoms with E-state index in [-0.39, 0.29) is 27.7 Å². The van der Waals surface area contributed by atoms with Crippen LogP contribution in [0.3, 0.4) is 0 Å². The summed E-state index contributed by atoms with van der Waals surface area (Å²) in [6.45, 7) is -0.00790. The first-order valence-electron chi connectivity index (χ1n) is 11.6. The number of carbonyl (C=O) groups is 1. The van der Waals surface area contributed by atoms with E-state index in [0.717, 1.165) is 27.5 Å². The number of anilines is 1. The lowest BCUT2D eigenvalue weighted by Gasteiger charge is -2.27. The SMILES string of the molecule is NC(=O)c1cc(Cl)ccc1N(Cc1cccc2ccccc12)S(=O)(=O)c1ccc(-c2ccccc2)cc1. The van der Waals surface area contributed by atoms with Gasteiger partial charge in [0.15, 0.2) is 0 Å². The zero-order valence-electron chi connectivity index (χ0n) is 19.7. The second-order valence-electron chi connectivity index (χ2n) is 8.57. The lowest BCUT2D eigenvalue weighted by molar-refractivity contribution is 0.100. The van der Waals surface area contributed by atoms with Crippen LogP contribution in [-0.2, 0) is 16.6 Å². The van der Waals surface area contributed by atoms with Gasteiger partial charge in [0, 0.05) is 5.02 Å². The number of hydrogen-bond acceptors (Lipinski definition) is 3. The van der Waals surface area contributed by atoms with Crippen LogP contribution in [0.5, 0.6) is 0 Å². The van der Waals surface area contributed by atoms with Crippen LogP contribution in [0.1, 0.15) is 15.9 Å². The lowest BCUT2D eigenvalue weighted by Crippen LogP contribution is -2.32. The Morgan fingerprint density at radius 3 is 2.14 bits per heavy atom. The van der Waals surface area contributed by atoms with E-state index in [1.807, 2.05) is 72.8 Å². The van der Waals surface area contributed by atoms with Gasteiger partial charge in [0.25, 0.3) is 15.9 Å². The highest BCUT2D eigenvalue weighted by Gasteiger charge is 2.29. The van der Waals surface area contributed by atoms with Crippen molar-refractivity contribution >= 4 is 44.0 Å². The zero-order valence-corrected chi connectivity index (χ0v) is 21.3. The molecule has 0 aliphatic carbocycles. The first kappa shape index (κ1) is 24.6. The highest BCUT2D eigenvalue weighted by molar-refractivity contribution is 7.92. The molecule has 184 valence electrons. The standard InChI is InChI=1S/C30H23ClN2O3S/c31-25-15-18-29(28(19-25)30(32)34)33(20-24-11-6-10-23-9-4-5-12-27(23)24)37(35,36)26-16-13-22(14-17-26)21-7-2-1-3-8-21/h1-19H,20H2,(H2,32,34). The Labute approximate surface area is 220 Å². The van der Waals surface area contributed by atoms with Crippen LogP contribution in [0, 0.1) is 0 Å². The third-order valence-corrected chi connectivity index (χ3v) is 8.25. The fourth-order valence-electron chi connectivity index (χ4n) is 4.39. The summed E-state index contributed by atoms with van der Waals surface area (Å²) in [4.78, 5) is 12.4. The topological polar surface area (TPSA) is 80.5 Å². The molecule has 0 radical (unpaired) electrons. The Bertz CT molecular complexity index is 1700. The Hall–Kier alpha value is -4.13. The van der Waals surface area contributed by atoms with Crippen LogP contribution in [-0.4, -0.2) is 14.3 Å². The molecule has 0 fully saturated rings. The lowest BCUT2D eigenvalue weighted by atomic mass is 10.0. The van der Waals surface area contributed by atoms with Crippen molar-refractivity contribution in [2.24, 2.45) is 5.73 Å². The molecule has 5 nitrogen and oxygen atoms in total. The van der Waals surface area contributed by atoms with Crippen LogP contribution in [0.25, 0.3) is 21.9 Å². The summed E-state index contributed by atoms with van der Waals surface area (Å²) in [6, 6.07) is 34.3. The minimum absolute atomic E-state index is 0.00790. The molecule has 5 rings (SSSR count). The van der Waals surface area contributed by atoms with Crippen molar-refractivity contribution in [2.45, 2.75) is 11.4 Å². The number of nitrogens with zero attached hydrogens (tertiary/aromatic N) is 1. The van der Waals surface area contributed by atoms with Gasteiger partial charge in [-0.2, -0.15) is 0 Å². The number of rotatable bonds is 7. The number of nitrogens with two attached hydrogens (primary N) is 1. The Balaban J connectivity index is 1.65. The molecule has 0 heterocycles. The largest absolute Gasteiger partial charge is 0.366 e. The van der Waals surface area contributed by atoms with Crippen LogP contribution < -0.4 is 10.0 Å². The molecule has 0 spiro atoms. The van der Waals surface area contributed by atoms with Crippen molar-refractivity contribution < 1.29 is 13.2 Å². The van der Waals surface area contributed by atoms with Crippen LogP contribution in [0.15, 0.2) is 120 Å². The summed E-state index contributed by atoms with van der Waals surface area (Å²) in [5.41, 5.74) is 8.50. The van der Waals surface area contributed by atoms with Gasteiger partial charge in [0.2, 0.25) is 0 Å². The second-order valence-corrected chi connectivity index (χ2v) is 10.9. The molecule has 37 heavy (non-hydrogen) atoms. The number of primary amides is 1. The molecular weight excluding hydrogens is 504 g/mol. The van der Waals surface area contributed by atoms with Crippen molar-refractivity contribution in [1.82, 2.24) is 0 Å². The molecule has 0 saturated carbocycles. The average molecular weight is 527 g/mol. The first-order chi connectivity index (χ1) is 17.8. The van der Waals surface area contributed by atoms with E-state index in [1.165, 1.54) is 16.4 Å². The predicted molar refractivity (Wildman–Crippen MR) is 149 cm³/mol. The predicted octanol–water partition coefficient (Wildman–Crippen LogP) is 6.65. The molecule has 5 aromatic carbocycles. The molecule has 7 heteroatoms. The molecule has 0 unspecified atom stereocenters. The highest BCUT2D eigenvalue weighted by atomic mass is 35.5. The minimum atomic E-state index is -4.11. The van der Waals surface area contributed by atoms with E-state index in [2.05, 4.69) is 0 Å². The van der Waals surface area contributed by atoms with E-state index in [4.69, 9.17) is 17.3 Å². The van der Waals surface area contributed by atoms with Gasteiger partial charge in [-0.1, -0.05) is 96.5 Å². The molecular formula is C30H23ClN2O3S. The number of halogens is 1. The highest BCUT2D eigenvalue weighted by Crippen LogP contribution is 2.33. The fourth-order valence-corrected chi connectivity index (χ4v) is 6.02. The van der Waals surface area contributed by atoms with E-state index < -0.39 is 15.9 Å². The summed E-state index contributed by atoms with van der Waals surface area (Å²) in [5, 5.41) is 2.18. The first-order valence-corrected chi connectivity index (χ1v) is 13.4. The number of benzene rings is 5. The molecule has 0 bridgehead atoms. The minimum Gasteiger partial charge on any atom is -0.366 e. The maximum absolute atomic E-state index is 14.1. The van der Waals surface area contributed by atoms with Gasteiger partial charge >= 0.3 is 0 Å². The number of sulfonamides is 1. The average Bonchev–Trinajstić information content (AvgIpc) is 2.92. The quantitative estimate of drug-likeness (QED) is 0.257. The number of amides is 1.